The summed E-state index contributed by atoms with van der Waals surface area (Å²) in [7, 11) is 0. The van der Waals surface area contributed by atoms with E-state index < -0.39 is 11.6 Å². The van der Waals surface area contributed by atoms with E-state index in [-0.39, 0.29) is 17.7 Å². The number of amides is 1. The molecule has 6 nitrogen and oxygen atoms in total. The lowest BCUT2D eigenvalue weighted by atomic mass is 9.95. The van der Waals surface area contributed by atoms with E-state index in [4.69, 9.17) is 21.4 Å². The molecule has 7 heteroatoms. The van der Waals surface area contributed by atoms with E-state index in [2.05, 4.69) is 4.98 Å². The molecule has 0 aliphatic carbocycles. The lowest BCUT2D eigenvalue weighted by molar-refractivity contribution is -0.159. The number of carbonyl (C=O) groups is 2. The van der Waals surface area contributed by atoms with Crippen LogP contribution in [0.2, 0.25) is 5.15 Å². The maximum absolute atomic E-state index is 12.1. The zero-order valence-corrected chi connectivity index (χ0v) is 11.1. The Morgan fingerprint density at radius 1 is 1.58 bits per heavy atom. The summed E-state index contributed by atoms with van der Waals surface area (Å²) < 4.78 is 5.24. The van der Waals surface area contributed by atoms with Crippen LogP contribution < -0.4 is 0 Å². The highest BCUT2D eigenvalue weighted by molar-refractivity contribution is 6.29. The van der Waals surface area contributed by atoms with Crippen molar-refractivity contribution in [3.8, 4) is 0 Å². The van der Waals surface area contributed by atoms with E-state index in [1.54, 1.807) is 17.9 Å². The van der Waals surface area contributed by atoms with E-state index in [9.17, 15) is 9.59 Å². The third-order valence-electron chi connectivity index (χ3n) is 2.86. The molecular formula is C12H13ClN2O4. The number of ether oxygens (including phenoxy) is 1. The monoisotopic (exact) mass is 284 g/mol. The maximum atomic E-state index is 12.1. The SMILES string of the molecule is CC1(OCC(=O)O)CN(C(=O)c2ccnc(Cl)c2)C1. The van der Waals surface area contributed by atoms with Crippen LogP contribution >= 0.6 is 11.6 Å². The Bertz CT molecular complexity index is 514. The average molecular weight is 285 g/mol. The molecule has 0 radical (unpaired) electrons. The standard InChI is InChI=1S/C12H13ClN2O4/c1-12(19-5-10(16)17)6-15(7-12)11(18)8-2-3-14-9(13)4-8/h2-4H,5-7H2,1H3,(H,16,17). The molecular weight excluding hydrogens is 272 g/mol. The van der Waals surface area contributed by atoms with Gasteiger partial charge in [-0.2, -0.15) is 0 Å². The molecule has 1 aliphatic heterocycles. The molecule has 1 N–H and O–H groups in total. The number of pyridine rings is 1. The predicted molar refractivity (Wildman–Crippen MR) is 67.1 cm³/mol. The van der Waals surface area contributed by atoms with Gasteiger partial charge in [-0.15, -0.1) is 0 Å². The van der Waals surface area contributed by atoms with E-state index in [0.29, 0.717) is 18.7 Å². The molecule has 2 heterocycles. The molecule has 102 valence electrons. The zero-order valence-electron chi connectivity index (χ0n) is 10.3. The van der Waals surface area contributed by atoms with Gasteiger partial charge in [0.05, 0.1) is 13.1 Å². The third kappa shape index (κ3) is 3.21. The Morgan fingerprint density at radius 2 is 2.26 bits per heavy atom. The molecule has 1 saturated heterocycles. The second-order valence-corrected chi connectivity index (χ2v) is 5.05. The summed E-state index contributed by atoms with van der Waals surface area (Å²) in [6, 6.07) is 3.08. The van der Waals surface area contributed by atoms with Crippen molar-refractivity contribution < 1.29 is 19.4 Å². The number of halogens is 1. The maximum Gasteiger partial charge on any atom is 0.329 e. The Balaban J connectivity index is 1.93. The van der Waals surface area contributed by atoms with Crippen molar-refractivity contribution in [1.29, 1.82) is 0 Å². The summed E-state index contributed by atoms with van der Waals surface area (Å²) in [6.07, 6.45) is 1.47. The number of nitrogens with zero attached hydrogens (tertiary/aromatic N) is 2. The number of likely N-dealkylation sites (tertiary alicyclic amines) is 1. The Labute approximate surface area is 114 Å². The first-order valence-electron chi connectivity index (χ1n) is 5.66. The highest BCUT2D eigenvalue weighted by Gasteiger charge is 2.42. The summed E-state index contributed by atoms with van der Waals surface area (Å²) in [5, 5.41) is 8.81. The molecule has 0 bridgehead atoms. The van der Waals surface area contributed by atoms with Gasteiger partial charge in [-0.3, -0.25) is 4.79 Å². The third-order valence-corrected chi connectivity index (χ3v) is 3.06. The van der Waals surface area contributed by atoms with E-state index in [1.165, 1.54) is 12.3 Å². The molecule has 1 aliphatic rings. The highest BCUT2D eigenvalue weighted by Crippen LogP contribution is 2.26. The second kappa shape index (κ2) is 5.14. The van der Waals surface area contributed by atoms with Crippen LogP contribution in [0, 0.1) is 0 Å². The smallest absolute Gasteiger partial charge is 0.329 e. The van der Waals surface area contributed by atoms with Crippen LogP contribution in [0.5, 0.6) is 0 Å². The van der Waals surface area contributed by atoms with Crippen LogP contribution in [-0.2, 0) is 9.53 Å². The molecule has 2 rings (SSSR count). The summed E-state index contributed by atoms with van der Waals surface area (Å²) in [4.78, 5) is 27.9. The first-order chi connectivity index (χ1) is 8.89. The molecule has 0 aromatic carbocycles. The fourth-order valence-corrected chi connectivity index (χ4v) is 2.12. The van der Waals surface area contributed by atoms with Gasteiger partial charge >= 0.3 is 5.97 Å². The lowest BCUT2D eigenvalue weighted by Gasteiger charge is -2.47. The molecule has 0 unspecified atom stereocenters. The van der Waals surface area contributed by atoms with E-state index >= 15 is 0 Å². The summed E-state index contributed by atoms with van der Waals surface area (Å²) in [5.74, 6) is -1.19. The number of carboxylic acids is 1. The number of rotatable bonds is 4. The molecule has 1 aromatic rings. The first-order valence-corrected chi connectivity index (χ1v) is 6.04. The summed E-state index contributed by atoms with van der Waals surface area (Å²) in [6.45, 7) is 2.14. The van der Waals surface area contributed by atoms with Gasteiger partial charge in [0, 0.05) is 11.8 Å². The molecule has 0 spiro atoms. The van der Waals surface area contributed by atoms with Crippen molar-refractivity contribution in [3.05, 3.63) is 29.0 Å². The van der Waals surface area contributed by atoms with Gasteiger partial charge < -0.3 is 14.7 Å². The van der Waals surface area contributed by atoms with Gasteiger partial charge in [0.1, 0.15) is 17.4 Å². The first kappa shape index (κ1) is 13.8. The van der Waals surface area contributed by atoms with E-state index in [1.807, 2.05) is 0 Å². The van der Waals surface area contributed by atoms with Crippen molar-refractivity contribution in [2.24, 2.45) is 0 Å². The lowest BCUT2D eigenvalue weighted by Crippen LogP contribution is -2.63. The van der Waals surface area contributed by atoms with Crippen LogP contribution in [0.1, 0.15) is 17.3 Å². The number of hydrogen-bond donors (Lipinski definition) is 1. The molecule has 0 atom stereocenters. The fraction of sp³-hybridized carbons (Fsp3) is 0.417. The minimum Gasteiger partial charge on any atom is -0.480 e. The minimum absolute atomic E-state index is 0.166. The van der Waals surface area contributed by atoms with Crippen molar-refractivity contribution >= 4 is 23.5 Å². The molecule has 1 amide bonds. The van der Waals surface area contributed by atoms with Crippen LogP contribution in [0.25, 0.3) is 0 Å². The van der Waals surface area contributed by atoms with Crippen molar-refractivity contribution in [2.75, 3.05) is 19.7 Å². The van der Waals surface area contributed by atoms with Crippen molar-refractivity contribution in [3.63, 3.8) is 0 Å². The minimum atomic E-state index is -1.02. The van der Waals surface area contributed by atoms with Gasteiger partial charge in [-0.1, -0.05) is 11.6 Å². The largest absolute Gasteiger partial charge is 0.480 e. The van der Waals surface area contributed by atoms with Gasteiger partial charge in [-0.05, 0) is 19.1 Å². The van der Waals surface area contributed by atoms with Crippen LogP contribution in [0.15, 0.2) is 18.3 Å². The van der Waals surface area contributed by atoms with E-state index in [0.717, 1.165) is 0 Å². The topological polar surface area (TPSA) is 79.7 Å². The number of aromatic nitrogens is 1. The second-order valence-electron chi connectivity index (χ2n) is 4.66. The zero-order chi connectivity index (χ0) is 14.0. The average Bonchev–Trinajstić information content (AvgIpc) is 2.32. The number of hydrogen-bond acceptors (Lipinski definition) is 4. The molecule has 0 saturated carbocycles. The molecule has 1 aromatic heterocycles. The van der Waals surface area contributed by atoms with Crippen LogP contribution in [0.4, 0.5) is 0 Å². The van der Waals surface area contributed by atoms with Crippen molar-refractivity contribution in [2.45, 2.75) is 12.5 Å². The van der Waals surface area contributed by atoms with Crippen LogP contribution in [-0.4, -0.2) is 52.2 Å². The van der Waals surface area contributed by atoms with Gasteiger partial charge in [0.2, 0.25) is 0 Å². The van der Waals surface area contributed by atoms with Crippen LogP contribution in [0.3, 0.4) is 0 Å². The number of carbonyl (C=O) groups excluding carboxylic acids is 1. The molecule has 19 heavy (non-hydrogen) atoms. The van der Waals surface area contributed by atoms with Crippen molar-refractivity contribution in [1.82, 2.24) is 9.88 Å². The quantitative estimate of drug-likeness (QED) is 0.836. The normalized spacial score (nSPS) is 16.8. The van der Waals surface area contributed by atoms with Gasteiger partial charge in [0.25, 0.3) is 5.91 Å². The summed E-state index contributed by atoms with van der Waals surface area (Å²) >= 11 is 5.72. The van der Waals surface area contributed by atoms with Gasteiger partial charge in [0.15, 0.2) is 0 Å². The number of carboxylic acid groups (broad SMARTS) is 1. The predicted octanol–water partition coefficient (Wildman–Crippen LogP) is 1.05. The summed E-state index contributed by atoms with van der Waals surface area (Å²) in [5.41, 5.74) is -0.134. The Hall–Kier alpha value is -1.66. The Kier molecular flexibility index (Phi) is 3.73. The Morgan fingerprint density at radius 3 is 2.84 bits per heavy atom. The fourth-order valence-electron chi connectivity index (χ4n) is 1.95. The molecule has 1 fully saturated rings. The van der Waals surface area contributed by atoms with Gasteiger partial charge in [-0.25, -0.2) is 9.78 Å². The highest BCUT2D eigenvalue weighted by atomic mass is 35.5. The number of aliphatic carboxylic acids is 1.